The summed E-state index contributed by atoms with van der Waals surface area (Å²) in [5.41, 5.74) is 0.144. The first-order chi connectivity index (χ1) is 14.1. The number of halogens is 5. The van der Waals surface area contributed by atoms with Crippen LogP contribution in [0.2, 0.25) is 0 Å². The first-order valence-electron chi connectivity index (χ1n) is 8.67. The van der Waals surface area contributed by atoms with E-state index in [1.54, 1.807) is 0 Å². The van der Waals surface area contributed by atoms with Crippen molar-refractivity contribution in [1.29, 1.82) is 0 Å². The molecular weight excluding hydrogens is 437 g/mol. The third-order valence-electron chi connectivity index (χ3n) is 4.47. The van der Waals surface area contributed by atoms with E-state index in [4.69, 9.17) is 0 Å². The lowest BCUT2D eigenvalue weighted by Crippen LogP contribution is -2.52. The Hall–Kier alpha value is -2.67. The fourth-order valence-corrected chi connectivity index (χ4v) is 3.81. The number of aliphatic hydroxyl groups excluding tert-OH is 1. The van der Waals surface area contributed by atoms with Gasteiger partial charge in [0.1, 0.15) is 6.17 Å². The van der Waals surface area contributed by atoms with Gasteiger partial charge in [-0.3, -0.25) is 4.57 Å². The van der Waals surface area contributed by atoms with E-state index in [2.05, 4.69) is 14.5 Å². The van der Waals surface area contributed by atoms with Gasteiger partial charge in [0.05, 0.1) is 23.7 Å². The van der Waals surface area contributed by atoms with E-state index in [1.165, 1.54) is 21.7 Å². The molecule has 162 valence electrons. The minimum absolute atomic E-state index is 0.0696. The van der Waals surface area contributed by atoms with Crippen LogP contribution in [0.15, 0.2) is 29.4 Å². The van der Waals surface area contributed by atoms with E-state index < -0.39 is 35.9 Å². The largest absolute Gasteiger partial charge is 0.507 e. The van der Waals surface area contributed by atoms with Crippen molar-refractivity contribution < 1.29 is 41.3 Å². The zero-order chi connectivity index (χ0) is 21.7. The number of aliphatic hydroxyl groups is 1. The molecule has 1 atom stereocenters. The van der Waals surface area contributed by atoms with Crippen LogP contribution in [0.3, 0.4) is 0 Å². The molecule has 0 unspecified atom stereocenters. The number of carbonyl (C=O) groups excluding carboxylic acids is 1. The Morgan fingerprint density at radius 2 is 1.93 bits per heavy atom. The van der Waals surface area contributed by atoms with Gasteiger partial charge in [0.15, 0.2) is 16.3 Å². The number of amides is 2. The van der Waals surface area contributed by atoms with Gasteiger partial charge in [-0.1, -0.05) is 11.3 Å². The maximum atomic E-state index is 13.5. The summed E-state index contributed by atoms with van der Waals surface area (Å²) in [5.74, 6) is -1.22. The van der Waals surface area contributed by atoms with Crippen molar-refractivity contribution in [1.82, 2.24) is 9.47 Å². The molecule has 1 aromatic carbocycles. The quantitative estimate of drug-likeness (QED) is 0.713. The molecule has 1 aromatic heterocycles. The smallest absolute Gasteiger partial charge is 0.421 e. The number of ether oxygens (including phenoxy) is 2. The van der Waals surface area contributed by atoms with Gasteiger partial charge < -0.3 is 19.5 Å². The maximum Gasteiger partial charge on any atom is 0.507 e. The van der Waals surface area contributed by atoms with Crippen molar-refractivity contribution in [2.45, 2.75) is 31.4 Å². The van der Waals surface area contributed by atoms with Crippen molar-refractivity contribution in [3.8, 4) is 17.2 Å². The second-order valence-corrected chi connectivity index (χ2v) is 7.70. The van der Waals surface area contributed by atoms with Gasteiger partial charge >= 0.3 is 18.2 Å². The molecule has 2 amide bonds. The molecule has 1 fully saturated rings. The lowest BCUT2D eigenvalue weighted by molar-refractivity contribution is -0.391. The normalized spacial score (nSPS) is 22.4. The summed E-state index contributed by atoms with van der Waals surface area (Å²) >= 11 is 0.944. The molecule has 1 saturated heterocycles. The highest BCUT2D eigenvalue weighted by atomic mass is 32.1. The molecule has 2 aliphatic heterocycles. The van der Waals surface area contributed by atoms with Gasteiger partial charge in [0, 0.05) is 18.8 Å². The number of urea groups is 1. The van der Waals surface area contributed by atoms with Crippen molar-refractivity contribution in [3.63, 3.8) is 0 Å². The van der Waals surface area contributed by atoms with E-state index in [9.17, 15) is 31.9 Å². The highest BCUT2D eigenvalue weighted by molar-refractivity contribution is 7.09. The number of carbonyl (C=O) groups is 1. The number of likely N-dealkylation sites (tertiary alicyclic amines) is 1. The Morgan fingerprint density at radius 3 is 2.57 bits per heavy atom. The Kier molecular flexibility index (Phi) is 4.97. The Bertz CT molecular complexity index is 1050. The van der Waals surface area contributed by atoms with E-state index in [0.29, 0.717) is 4.88 Å². The summed E-state index contributed by atoms with van der Waals surface area (Å²) in [7, 11) is 0. The Labute approximate surface area is 169 Å². The standard InChI is InChI=1S/C17H14F5N3O4S/c18-9-3-4-24(6-9)14(27)23-15-25(7-11(8-26)30-15)10-1-2-12-13(5-10)29-17(21,22)16(19,20)28-12/h1-2,5,7,9,26H,3-4,6,8H2/b23-15-/t9-/m0/s1. The van der Waals surface area contributed by atoms with Crippen molar-refractivity contribution in [2.75, 3.05) is 13.1 Å². The number of hydrogen-bond acceptors (Lipinski definition) is 5. The van der Waals surface area contributed by atoms with Crippen molar-refractivity contribution in [3.05, 3.63) is 34.1 Å². The van der Waals surface area contributed by atoms with Gasteiger partial charge in [-0.2, -0.15) is 22.6 Å². The molecule has 4 rings (SSSR count). The predicted octanol–water partition coefficient (Wildman–Crippen LogP) is 3.05. The van der Waals surface area contributed by atoms with Crippen LogP contribution in [0.1, 0.15) is 11.3 Å². The van der Waals surface area contributed by atoms with Crippen LogP contribution in [-0.2, 0) is 6.61 Å². The number of hydrogen-bond donors (Lipinski definition) is 1. The summed E-state index contributed by atoms with van der Waals surface area (Å²) in [6, 6.07) is 2.60. The van der Waals surface area contributed by atoms with Crippen LogP contribution < -0.4 is 14.3 Å². The van der Waals surface area contributed by atoms with Crippen LogP contribution in [0.25, 0.3) is 5.69 Å². The molecule has 0 radical (unpaired) electrons. The second-order valence-electron chi connectivity index (χ2n) is 6.60. The summed E-state index contributed by atoms with van der Waals surface area (Å²) < 4.78 is 76.4. The number of aromatic nitrogens is 1. The number of nitrogens with zero attached hydrogens (tertiary/aromatic N) is 3. The molecule has 0 spiro atoms. The number of benzene rings is 1. The molecule has 0 saturated carbocycles. The molecule has 1 N–H and O–H groups in total. The number of rotatable bonds is 2. The lowest BCUT2D eigenvalue weighted by atomic mass is 10.2. The van der Waals surface area contributed by atoms with E-state index in [1.807, 2.05) is 0 Å². The molecular formula is C17H14F5N3O4S. The van der Waals surface area contributed by atoms with Gasteiger partial charge in [-0.05, 0) is 18.6 Å². The molecule has 13 heteroatoms. The maximum absolute atomic E-state index is 13.5. The second kappa shape index (κ2) is 7.23. The Morgan fingerprint density at radius 1 is 1.23 bits per heavy atom. The average Bonchev–Trinajstić information content (AvgIpc) is 3.28. The Balaban J connectivity index is 1.72. The van der Waals surface area contributed by atoms with E-state index in [-0.39, 0.29) is 36.6 Å². The number of thiazole rings is 1. The van der Waals surface area contributed by atoms with Gasteiger partial charge in [0.25, 0.3) is 0 Å². The van der Waals surface area contributed by atoms with Crippen LogP contribution in [0.5, 0.6) is 11.5 Å². The van der Waals surface area contributed by atoms with Gasteiger partial charge in [-0.25, -0.2) is 9.18 Å². The first-order valence-corrected chi connectivity index (χ1v) is 9.49. The third kappa shape index (κ3) is 3.62. The minimum Gasteiger partial charge on any atom is -0.421 e. The zero-order valence-electron chi connectivity index (χ0n) is 15.0. The summed E-state index contributed by atoms with van der Waals surface area (Å²) in [6.07, 6.45) is -9.25. The van der Waals surface area contributed by atoms with Crippen LogP contribution >= 0.6 is 11.3 Å². The van der Waals surface area contributed by atoms with Crippen LogP contribution in [0, 0.1) is 0 Å². The molecule has 0 bridgehead atoms. The van der Waals surface area contributed by atoms with Gasteiger partial charge in [0.2, 0.25) is 0 Å². The van der Waals surface area contributed by atoms with Crippen LogP contribution in [0.4, 0.5) is 26.7 Å². The van der Waals surface area contributed by atoms with Gasteiger partial charge in [-0.15, -0.1) is 0 Å². The molecule has 2 aliphatic rings. The highest BCUT2D eigenvalue weighted by Gasteiger charge is 2.65. The number of alkyl halides is 5. The molecule has 30 heavy (non-hydrogen) atoms. The predicted molar refractivity (Wildman–Crippen MR) is 92.8 cm³/mol. The van der Waals surface area contributed by atoms with Crippen molar-refractivity contribution in [2.24, 2.45) is 4.99 Å². The minimum atomic E-state index is -4.88. The number of fused-ring (bicyclic) bond motifs is 1. The molecule has 7 nitrogen and oxygen atoms in total. The fraction of sp³-hybridized carbons (Fsp3) is 0.412. The molecule has 0 aliphatic carbocycles. The van der Waals surface area contributed by atoms with Crippen LogP contribution in [-0.4, -0.2) is 52.1 Å². The lowest BCUT2D eigenvalue weighted by Gasteiger charge is -2.31. The average molecular weight is 451 g/mol. The SMILES string of the molecule is O=C(/N=c1\sc(CO)cn1-c1ccc2c(c1)OC(F)(F)C(F)(F)O2)N1CC[C@H](F)C1. The summed E-state index contributed by atoms with van der Waals surface area (Å²) in [4.78, 5) is 17.9. The highest BCUT2D eigenvalue weighted by Crippen LogP contribution is 2.47. The first kappa shape index (κ1) is 20.6. The summed E-state index contributed by atoms with van der Waals surface area (Å²) in [5, 5.41) is 9.40. The van der Waals surface area contributed by atoms with E-state index >= 15 is 0 Å². The van der Waals surface area contributed by atoms with Crippen molar-refractivity contribution >= 4 is 17.4 Å². The third-order valence-corrected chi connectivity index (χ3v) is 5.44. The summed E-state index contributed by atoms with van der Waals surface area (Å²) in [6.45, 7) is -0.275. The topological polar surface area (TPSA) is 76.3 Å². The fourth-order valence-electron chi connectivity index (χ4n) is 2.98. The van der Waals surface area contributed by atoms with E-state index in [0.717, 1.165) is 23.5 Å². The zero-order valence-corrected chi connectivity index (χ0v) is 15.8. The molecule has 2 aromatic rings. The monoisotopic (exact) mass is 451 g/mol. The molecule has 3 heterocycles.